The van der Waals surface area contributed by atoms with Gasteiger partial charge in [0.25, 0.3) is 10.0 Å². The molecule has 9 nitrogen and oxygen atoms in total. The molecule has 2 aromatic heterocycles. The van der Waals surface area contributed by atoms with Crippen molar-refractivity contribution in [2.24, 2.45) is 7.05 Å². The third-order valence-corrected chi connectivity index (χ3v) is 4.28. The summed E-state index contributed by atoms with van der Waals surface area (Å²) in [7, 11) is -2.35. The Balaban J connectivity index is 2.21. The first-order valence-corrected chi connectivity index (χ1v) is 7.50. The van der Waals surface area contributed by atoms with Gasteiger partial charge in [0.15, 0.2) is 5.03 Å². The maximum atomic E-state index is 12.2. The maximum absolute atomic E-state index is 12.2. The molecule has 2 rings (SSSR count). The number of aryl methyl sites for hydroxylation is 2. The van der Waals surface area contributed by atoms with Crippen LogP contribution in [0.25, 0.3) is 0 Å². The Hall–Kier alpha value is -2.20. The number of nitrogens with one attached hydrogen (secondary N) is 2. The van der Waals surface area contributed by atoms with Gasteiger partial charge in [0.1, 0.15) is 11.9 Å². The Kier molecular flexibility index (Phi) is 4.09. The fourth-order valence-corrected chi connectivity index (χ4v) is 2.93. The molecule has 0 bridgehead atoms. The normalized spacial score (nSPS) is 13.2. The highest BCUT2D eigenvalue weighted by atomic mass is 32.2. The molecule has 10 heteroatoms. The average molecular weight is 313 g/mol. The van der Waals surface area contributed by atoms with Gasteiger partial charge in [-0.05, 0) is 6.92 Å². The Bertz CT molecular complexity index is 715. The quantitative estimate of drug-likeness (QED) is 0.654. The number of nitrogens with zero attached hydrogens (tertiary/aromatic N) is 3. The van der Waals surface area contributed by atoms with Crippen LogP contribution in [0.2, 0.25) is 0 Å². The lowest BCUT2D eigenvalue weighted by atomic mass is 10.2. The molecular weight excluding hydrogens is 298 g/mol. The van der Waals surface area contributed by atoms with E-state index in [9.17, 15) is 13.2 Å². The number of aliphatic carboxylic acids is 1. The summed E-state index contributed by atoms with van der Waals surface area (Å²) in [5, 5.41) is 8.95. The van der Waals surface area contributed by atoms with Crippen LogP contribution in [0.15, 0.2) is 23.7 Å². The molecule has 0 spiro atoms. The SMILES string of the molecule is Cc1nc(S(=O)(=O)NC(Cc2cnc[nH]2)C(=O)O)cn1C. The number of hydrogen-bond acceptors (Lipinski definition) is 5. The van der Waals surface area contributed by atoms with Crippen molar-refractivity contribution in [2.45, 2.75) is 24.4 Å². The fraction of sp³-hybridized carbons (Fsp3) is 0.364. The molecule has 0 aliphatic carbocycles. The number of imidazole rings is 2. The molecule has 1 atom stereocenters. The highest BCUT2D eigenvalue weighted by molar-refractivity contribution is 7.89. The van der Waals surface area contributed by atoms with Gasteiger partial charge in [-0.3, -0.25) is 4.79 Å². The summed E-state index contributed by atoms with van der Waals surface area (Å²) in [5.74, 6) is -0.767. The second-order valence-corrected chi connectivity index (χ2v) is 6.19. The first kappa shape index (κ1) is 15.2. The van der Waals surface area contributed by atoms with Gasteiger partial charge >= 0.3 is 5.97 Å². The summed E-state index contributed by atoms with van der Waals surface area (Å²) >= 11 is 0. The van der Waals surface area contributed by atoms with Crippen molar-refractivity contribution in [2.75, 3.05) is 0 Å². The lowest BCUT2D eigenvalue weighted by Gasteiger charge is -2.12. The molecule has 3 N–H and O–H groups in total. The van der Waals surface area contributed by atoms with Gasteiger partial charge in [0.05, 0.1) is 6.33 Å². The Morgan fingerprint density at radius 2 is 2.29 bits per heavy atom. The summed E-state index contributed by atoms with van der Waals surface area (Å²) in [5.41, 5.74) is 0.516. The van der Waals surface area contributed by atoms with Gasteiger partial charge in [-0.2, -0.15) is 4.72 Å². The van der Waals surface area contributed by atoms with Crippen LogP contribution < -0.4 is 4.72 Å². The largest absolute Gasteiger partial charge is 0.480 e. The Morgan fingerprint density at radius 3 is 2.76 bits per heavy atom. The van der Waals surface area contributed by atoms with Gasteiger partial charge in [-0.15, -0.1) is 0 Å². The van der Waals surface area contributed by atoms with Crippen molar-refractivity contribution >= 4 is 16.0 Å². The summed E-state index contributed by atoms with van der Waals surface area (Å²) in [4.78, 5) is 21.6. The zero-order chi connectivity index (χ0) is 15.6. The number of H-pyrrole nitrogens is 1. The molecule has 1 unspecified atom stereocenters. The summed E-state index contributed by atoms with van der Waals surface area (Å²) in [6, 6.07) is -1.31. The molecule has 0 amide bonds. The minimum Gasteiger partial charge on any atom is -0.480 e. The van der Waals surface area contributed by atoms with Crippen LogP contribution in [0.3, 0.4) is 0 Å². The second-order valence-electron chi connectivity index (χ2n) is 4.53. The minimum absolute atomic E-state index is 0.0413. The summed E-state index contributed by atoms with van der Waals surface area (Å²) in [6.45, 7) is 1.65. The van der Waals surface area contributed by atoms with E-state index in [-0.39, 0.29) is 11.4 Å². The zero-order valence-electron chi connectivity index (χ0n) is 11.4. The van der Waals surface area contributed by atoms with Crippen LogP contribution in [0.4, 0.5) is 0 Å². The van der Waals surface area contributed by atoms with Crippen molar-refractivity contribution in [3.05, 3.63) is 30.2 Å². The van der Waals surface area contributed by atoms with Crippen LogP contribution in [0.5, 0.6) is 0 Å². The van der Waals surface area contributed by atoms with Crippen LogP contribution in [0, 0.1) is 6.92 Å². The van der Waals surface area contributed by atoms with Gasteiger partial charge in [-0.1, -0.05) is 0 Å². The number of aromatic amines is 1. The summed E-state index contributed by atoms with van der Waals surface area (Å²) < 4.78 is 28.0. The van der Waals surface area contributed by atoms with E-state index < -0.39 is 22.0 Å². The molecule has 0 aliphatic heterocycles. The topological polar surface area (TPSA) is 130 Å². The highest BCUT2D eigenvalue weighted by Gasteiger charge is 2.27. The molecule has 2 heterocycles. The molecular formula is C11H15N5O4S. The van der Waals surface area contributed by atoms with Crippen LogP contribution in [-0.2, 0) is 28.3 Å². The van der Waals surface area contributed by atoms with E-state index in [1.165, 1.54) is 18.7 Å². The number of carboxylic acid groups (broad SMARTS) is 1. The van der Waals surface area contributed by atoms with E-state index in [0.717, 1.165) is 0 Å². The zero-order valence-corrected chi connectivity index (χ0v) is 12.3. The molecule has 0 aliphatic rings. The second kappa shape index (κ2) is 5.66. The molecule has 0 fully saturated rings. The van der Waals surface area contributed by atoms with E-state index in [1.54, 1.807) is 18.5 Å². The van der Waals surface area contributed by atoms with Crippen molar-refractivity contribution < 1.29 is 18.3 Å². The first-order chi connectivity index (χ1) is 9.79. The van der Waals surface area contributed by atoms with Crippen molar-refractivity contribution in [3.8, 4) is 0 Å². The van der Waals surface area contributed by atoms with Crippen molar-refractivity contribution in [3.63, 3.8) is 0 Å². The number of rotatable bonds is 6. The van der Waals surface area contributed by atoms with Gasteiger partial charge in [0, 0.05) is 31.6 Å². The van der Waals surface area contributed by atoms with Crippen LogP contribution in [0.1, 0.15) is 11.5 Å². The molecule has 2 aromatic rings. The number of sulfonamides is 1. The molecule has 0 aromatic carbocycles. The van der Waals surface area contributed by atoms with E-state index in [1.807, 2.05) is 0 Å². The number of hydrogen-bond donors (Lipinski definition) is 3. The Labute approximate surface area is 121 Å². The van der Waals surface area contributed by atoms with Crippen molar-refractivity contribution in [1.82, 2.24) is 24.2 Å². The van der Waals surface area contributed by atoms with E-state index in [2.05, 4.69) is 19.7 Å². The lowest BCUT2D eigenvalue weighted by Crippen LogP contribution is -2.42. The Morgan fingerprint density at radius 1 is 1.57 bits per heavy atom. The fourth-order valence-electron chi connectivity index (χ4n) is 1.70. The standard InChI is InChI=1S/C11H15N5O4S/c1-7-14-10(5-16(7)2)21(19,20)15-9(11(17)18)3-8-4-12-6-13-8/h4-6,9,15H,3H2,1-2H3,(H,12,13)(H,17,18). The minimum atomic E-state index is -4.01. The molecule has 21 heavy (non-hydrogen) atoms. The van der Waals surface area contributed by atoms with E-state index >= 15 is 0 Å². The highest BCUT2D eigenvalue weighted by Crippen LogP contribution is 2.10. The van der Waals surface area contributed by atoms with Gasteiger partial charge in [-0.25, -0.2) is 18.4 Å². The smallest absolute Gasteiger partial charge is 0.322 e. The van der Waals surface area contributed by atoms with Gasteiger partial charge < -0.3 is 14.7 Å². The number of carboxylic acids is 1. The number of carbonyl (C=O) groups is 1. The van der Waals surface area contributed by atoms with E-state index in [0.29, 0.717) is 11.5 Å². The van der Waals surface area contributed by atoms with Crippen molar-refractivity contribution in [1.29, 1.82) is 0 Å². The maximum Gasteiger partial charge on any atom is 0.322 e. The monoisotopic (exact) mass is 313 g/mol. The lowest BCUT2D eigenvalue weighted by molar-refractivity contribution is -0.138. The number of aromatic nitrogens is 4. The average Bonchev–Trinajstić information content (AvgIpc) is 3.00. The summed E-state index contributed by atoms with van der Waals surface area (Å²) in [6.07, 6.45) is 4.12. The van der Waals surface area contributed by atoms with Crippen LogP contribution in [-0.4, -0.2) is 45.1 Å². The molecule has 0 saturated carbocycles. The molecule has 114 valence electrons. The molecule has 0 saturated heterocycles. The predicted molar refractivity (Wildman–Crippen MR) is 72.0 cm³/mol. The van der Waals surface area contributed by atoms with Crippen LogP contribution >= 0.6 is 0 Å². The third-order valence-electron chi connectivity index (χ3n) is 2.94. The third kappa shape index (κ3) is 3.47. The first-order valence-electron chi connectivity index (χ1n) is 6.02. The molecule has 0 radical (unpaired) electrons. The van der Waals surface area contributed by atoms with E-state index in [4.69, 9.17) is 5.11 Å². The van der Waals surface area contributed by atoms with Gasteiger partial charge in [0.2, 0.25) is 0 Å². The predicted octanol–water partition coefficient (Wildman–Crippen LogP) is -0.574.